The van der Waals surface area contributed by atoms with Crippen LogP contribution in [0, 0.1) is 5.41 Å². The van der Waals surface area contributed by atoms with E-state index in [1.165, 1.54) is 0 Å². The molecule has 4 nitrogen and oxygen atoms in total. The number of carboxylic acid groups (broad SMARTS) is 1. The van der Waals surface area contributed by atoms with Crippen molar-refractivity contribution in [1.82, 2.24) is 4.98 Å². The lowest BCUT2D eigenvalue weighted by Gasteiger charge is -2.22. The zero-order valence-electron chi connectivity index (χ0n) is 11.1. The quantitative estimate of drug-likeness (QED) is 0.896. The van der Waals surface area contributed by atoms with Crippen molar-refractivity contribution in [3.8, 4) is 5.75 Å². The van der Waals surface area contributed by atoms with E-state index in [2.05, 4.69) is 4.98 Å². The van der Waals surface area contributed by atoms with Gasteiger partial charge in [-0.2, -0.15) is 0 Å². The fourth-order valence-corrected chi connectivity index (χ4v) is 1.93. The average Bonchev–Trinajstić information content (AvgIpc) is 2.35. The normalized spacial score (nSPS) is 11.5. The number of rotatable bonds is 5. The second kappa shape index (κ2) is 5.26. The monoisotopic (exact) mass is 259 g/mol. The summed E-state index contributed by atoms with van der Waals surface area (Å²) >= 11 is 0. The molecule has 0 aliphatic rings. The molecule has 0 aliphatic carbocycles. The molecule has 0 fully saturated rings. The van der Waals surface area contributed by atoms with Gasteiger partial charge in [0, 0.05) is 17.0 Å². The van der Waals surface area contributed by atoms with Crippen molar-refractivity contribution in [2.45, 2.75) is 20.3 Å². The highest BCUT2D eigenvalue weighted by Crippen LogP contribution is 2.26. The molecule has 0 saturated carbocycles. The zero-order chi connectivity index (χ0) is 13.9. The average molecular weight is 259 g/mol. The Bertz CT molecular complexity index is 587. The standard InChI is InChI=1S/C15H17NO3/c1-15(2,9-13(17)18)10-19-12-7-3-5-11-6-4-8-16-14(11)12/h3-8H,9-10H2,1-2H3,(H,17,18). The Labute approximate surface area is 112 Å². The van der Waals surface area contributed by atoms with Gasteiger partial charge in [-0.15, -0.1) is 0 Å². The molecule has 1 heterocycles. The Morgan fingerprint density at radius 3 is 2.79 bits per heavy atom. The van der Waals surface area contributed by atoms with Crippen LogP contribution in [0.4, 0.5) is 0 Å². The molecule has 0 unspecified atom stereocenters. The van der Waals surface area contributed by atoms with Gasteiger partial charge in [-0.25, -0.2) is 0 Å². The number of ether oxygens (including phenoxy) is 1. The summed E-state index contributed by atoms with van der Waals surface area (Å²) in [7, 11) is 0. The van der Waals surface area contributed by atoms with Crippen molar-refractivity contribution in [3.05, 3.63) is 36.5 Å². The first kappa shape index (κ1) is 13.3. The Balaban J connectivity index is 2.16. The summed E-state index contributed by atoms with van der Waals surface area (Å²) in [5.41, 5.74) is 0.388. The van der Waals surface area contributed by atoms with Crippen molar-refractivity contribution in [2.75, 3.05) is 6.61 Å². The number of nitrogens with zero attached hydrogens (tertiary/aromatic N) is 1. The van der Waals surface area contributed by atoms with Gasteiger partial charge in [0.25, 0.3) is 0 Å². The summed E-state index contributed by atoms with van der Waals surface area (Å²) in [6.07, 6.45) is 1.79. The third kappa shape index (κ3) is 3.44. The predicted molar refractivity (Wildman–Crippen MR) is 73.3 cm³/mol. The lowest BCUT2D eigenvalue weighted by molar-refractivity contribution is -0.139. The second-order valence-electron chi connectivity index (χ2n) is 5.35. The second-order valence-corrected chi connectivity index (χ2v) is 5.35. The van der Waals surface area contributed by atoms with Gasteiger partial charge in [0.2, 0.25) is 0 Å². The molecule has 2 rings (SSSR count). The van der Waals surface area contributed by atoms with Gasteiger partial charge in [-0.3, -0.25) is 9.78 Å². The van der Waals surface area contributed by atoms with Crippen LogP contribution in [0.5, 0.6) is 5.75 Å². The molecule has 0 saturated heterocycles. The van der Waals surface area contributed by atoms with E-state index in [9.17, 15) is 4.79 Å². The highest BCUT2D eigenvalue weighted by molar-refractivity contribution is 5.84. The van der Waals surface area contributed by atoms with Crippen LogP contribution in [0.25, 0.3) is 10.9 Å². The highest BCUT2D eigenvalue weighted by Gasteiger charge is 2.23. The molecule has 1 N–H and O–H groups in total. The zero-order valence-corrected chi connectivity index (χ0v) is 11.1. The molecular formula is C15H17NO3. The van der Waals surface area contributed by atoms with Crippen LogP contribution >= 0.6 is 0 Å². The van der Waals surface area contributed by atoms with Crippen molar-refractivity contribution < 1.29 is 14.6 Å². The fraction of sp³-hybridized carbons (Fsp3) is 0.333. The molecule has 0 bridgehead atoms. The van der Waals surface area contributed by atoms with Crippen LogP contribution in [-0.2, 0) is 4.79 Å². The number of hydrogen-bond acceptors (Lipinski definition) is 3. The van der Waals surface area contributed by atoms with Crippen LogP contribution in [0.15, 0.2) is 36.5 Å². The van der Waals surface area contributed by atoms with Gasteiger partial charge in [-0.05, 0) is 12.1 Å². The van der Waals surface area contributed by atoms with E-state index < -0.39 is 11.4 Å². The fourth-order valence-electron chi connectivity index (χ4n) is 1.93. The van der Waals surface area contributed by atoms with Crippen molar-refractivity contribution in [1.29, 1.82) is 0 Å². The van der Waals surface area contributed by atoms with Gasteiger partial charge in [0.15, 0.2) is 0 Å². The number of pyridine rings is 1. The number of aromatic nitrogens is 1. The number of carbonyl (C=O) groups is 1. The summed E-state index contributed by atoms with van der Waals surface area (Å²) in [4.78, 5) is 15.1. The first-order valence-corrected chi connectivity index (χ1v) is 6.16. The first-order valence-electron chi connectivity index (χ1n) is 6.16. The molecule has 1 aromatic heterocycles. The summed E-state index contributed by atoms with van der Waals surface area (Å²) in [6.45, 7) is 4.09. The minimum atomic E-state index is -0.815. The van der Waals surface area contributed by atoms with E-state index >= 15 is 0 Å². The highest BCUT2D eigenvalue weighted by atomic mass is 16.5. The van der Waals surface area contributed by atoms with Gasteiger partial charge < -0.3 is 9.84 Å². The molecule has 1 aromatic carbocycles. The van der Waals surface area contributed by atoms with E-state index in [1.807, 2.05) is 44.2 Å². The van der Waals surface area contributed by atoms with Crippen LogP contribution < -0.4 is 4.74 Å². The molecule has 0 aliphatic heterocycles. The SMILES string of the molecule is CC(C)(COc1cccc2cccnc12)CC(=O)O. The predicted octanol–water partition coefficient (Wildman–Crippen LogP) is 3.11. The maximum Gasteiger partial charge on any atom is 0.304 e. The molecule has 0 radical (unpaired) electrons. The maximum atomic E-state index is 10.8. The summed E-state index contributed by atoms with van der Waals surface area (Å²) < 4.78 is 5.76. The maximum absolute atomic E-state index is 10.8. The number of hydrogen-bond donors (Lipinski definition) is 1. The molecule has 0 amide bonds. The lowest BCUT2D eigenvalue weighted by atomic mass is 9.90. The Hall–Kier alpha value is -2.10. The van der Waals surface area contributed by atoms with Gasteiger partial charge >= 0.3 is 5.97 Å². The van der Waals surface area contributed by atoms with Crippen LogP contribution in [-0.4, -0.2) is 22.7 Å². The Morgan fingerprint density at radius 2 is 2.05 bits per heavy atom. The molecule has 100 valence electrons. The van der Waals surface area contributed by atoms with Crippen LogP contribution in [0.3, 0.4) is 0 Å². The van der Waals surface area contributed by atoms with E-state index in [-0.39, 0.29) is 6.42 Å². The number of fused-ring (bicyclic) bond motifs is 1. The van der Waals surface area contributed by atoms with Crippen LogP contribution in [0.2, 0.25) is 0 Å². The molecule has 2 aromatic rings. The van der Waals surface area contributed by atoms with E-state index in [1.54, 1.807) is 6.20 Å². The van der Waals surface area contributed by atoms with Crippen molar-refractivity contribution in [3.63, 3.8) is 0 Å². The third-order valence-electron chi connectivity index (χ3n) is 2.84. The Morgan fingerprint density at radius 1 is 1.32 bits per heavy atom. The third-order valence-corrected chi connectivity index (χ3v) is 2.84. The lowest BCUT2D eigenvalue weighted by Crippen LogP contribution is -2.24. The number of aliphatic carboxylic acids is 1. The molecule has 0 atom stereocenters. The molecular weight excluding hydrogens is 242 g/mol. The van der Waals surface area contributed by atoms with Gasteiger partial charge in [0.05, 0.1) is 13.0 Å². The number of carboxylic acids is 1. The summed E-state index contributed by atoms with van der Waals surface area (Å²) in [5, 5.41) is 9.86. The summed E-state index contributed by atoms with van der Waals surface area (Å²) in [5.74, 6) is -0.124. The number of benzene rings is 1. The minimum Gasteiger partial charge on any atom is -0.491 e. The number of para-hydroxylation sites is 1. The van der Waals surface area contributed by atoms with Crippen molar-refractivity contribution >= 4 is 16.9 Å². The van der Waals surface area contributed by atoms with E-state index in [0.717, 1.165) is 10.9 Å². The Kier molecular flexibility index (Phi) is 3.69. The molecule has 0 spiro atoms. The summed E-state index contributed by atoms with van der Waals surface area (Å²) in [6, 6.07) is 9.57. The smallest absolute Gasteiger partial charge is 0.304 e. The van der Waals surface area contributed by atoms with Gasteiger partial charge in [-0.1, -0.05) is 32.0 Å². The van der Waals surface area contributed by atoms with Gasteiger partial charge in [0.1, 0.15) is 11.3 Å². The van der Waals surface area contributed by atoms with Crippen LogP contribution in [0.1, 0.15) is 20.3 Å². The van der Waals surface area contributed by atoms with Crippen molar-refractivity contribution in [2.24, 2.45) is 5.41 Å². The first-order chi connectivity index (χ1) is 8.98. The molecule has 19 heavy (non-hydrogen) atoms. The molecule has 4 heteroatoms. The van der Waals surface area contributed by atoms with E-state index in [0.29, 0.717) is 12.4 Å². The minimum absolute atomic E-state index is 0.0746. The largest absolute Gasteiger partial charge is 0.491 e. The topological polar surface area (TPSA) is 59.4 Å². The van der Waals surface area contributed by atoms with E-state index in [4.69, 9.17) is 9.84 Å².